The van der Waals surface area contributed by atoms with E-state index in [1.54, 1.807) is 6.92 Å². The molecule has 1 aromatic heterocycles. The number of nitrogens with zero attached hydrogens (tertiary/aromatic N) is 3. The van der Waals surface area contributed by atoms with Crippen LogP contribution < -0.4 is 0 Å². The molecule has 6 heteroatoms. The van der Waals surface area contributed by atoms with Gasteiger partial charge in [-0.25, -0.2) is 0 Å². The molecule has 1 heterocycles. The molecule has 6 nitrogen and oxygen atoms in total. The Kier molecular flexibility index (Phi) is 2.18. The van der Waals surface area contributed by atoms with E-state index in [4.69, 9.17) is 0 Å². The zero-order chi connectivity index (χ0) is 9.14. The lowest BCUT2D eigenvalue weighted by Gasteiger charge is -1.90. The summed E-state index contributed by atoms with van der Waals surface area (Å²) in [7, 11) is 0. The predicted molar refractivity (Wildman–Crippen MR) is 39.7 cm³/mol. The number of aryl methyl sites for hydroxylation is 1. The van der Waals surface area contributed by atoms with E-state index in [1.165, 1.54) is 10.8 Å². The second-order valence-corrected chi connectivity index (χ2v) is 2.22. The monoisotopic (exact) mass is 169 g/mol. The lowest BCUT2D eigenvalue weighted by Crippen LogP contribution is -1.98. The third-order valence-electron chi connectivity index (χ3n) is 1.42. The maximum atomic E-state index is 10.2. The zero-order valence-corrected chi connectivity index (χ0v) is 6.43. The Morgan fingerprint density at radius 3 is 2.92 bits per heavy atom. The molecule has 0 atom stereocenters. The quantitative estimate of drug-likeness (QED) is 0.370. The van der Waals surface area contributed by atoms with Gasteiger partial charge in [-0.05, 0) is 9.91 Å². The standard InChI is InChI=1S/C6H7N3O3/c1-5-7-6(9(11)12)4-8(5)2-3-10/h3-4H,2H2,1H3. The number of imidazole rings is 1. The summed E-state index contributed by atoms with van der Waals surface area (Å²) >= 11 is 0. The minimum atomic E-state index is -0.589. The first-order chi connectivity index (χ1) is 5.65. The summed E-state index contributed by atoms with van der Waals surface area (Å²) in [6, 6.07) is 0. The molecule has 64 valence electrons. The van der Waals surface area contributed by atoms with Gasteiger partial charge in [0.1, 0.15) is 12.5 Å². The van der Waals surface area contributed by atoms with Crippen molar-refractivity contribution in [2.45, 2.75) is 13.5 Å². The van der Waals surface area contributed by atoms with E-state index in [1.807, 2.05) is 0 Å². The molecule has 0 bridgehead atoms. The lowest BCUT2D eigenvalue weighted by atomic mass is 10.6. The normalized spacial score (nSPS) is 9.75. The molecule has 0 saturated heterocycles. The number of hydrogen-bond donors (Lipinski definition) is 0. The summed E-state index contributed by atoms with van der Waals surface area (Å²) < 4.78 is 1.42. The smallest absolute Gasteiger partial charge is 0.358 e. The van der Waals surface area contributed by atoms with Crippen LogP contribution in [0.3, 0.4) is 0 Å². The van der Waals surface area contributed by atoms with E-state index in [0.717, 1.165) is 0 Å². The van der Waals surface area contributed by atoms with Crippen LogP contribution >= 0.6 is 0 Å². The van der Waals surface area contributed by atoms with Crippen LogP contribution in [-0.4, -0.2) is 20.8 Å². The molecule has 1 aromatic rings. The van der Waals surface area contributed by atoms with E-state index < -0.39 is 4.92 Å². The van der Waals surface area contributed by atoms with Gasteiger partial charge in [0.25, 0.3) is 0 Å². The molecule has 1 rings (SSSR count). The van der Waals surface area contributed by atoms with Crippen molar-refractivity contribution in [3.05, 3.63) is 22.1 Å². The van der Waals surface area contributed by atoms with E-state index in [2.05, 4.69) is 4.98 Å². The van der Waals surface area contributed by atoms with Crippen LogP contribution in [0.25, 0.3) is 0 Å². The van der Waals surface area contributed by atoms with Gasteiger partial charge < -0.3 is 19.5 Å². The van der Waals surface area contributed by atoms with Crippen LogP contribution in [0.15, 0.2) is 6.20 Å². The van der Waals surface area contributed by atoms with Gasteiger partial charge in [-0.15, -0.1) is 0 Å². The second-order valence-electron chi connectivity index (χ2n) is 2.22. The minimum absolute atomic E-state index is 0.104. The number of hydrogen-bond acceptors (Lipinski definition) is 4. The summed E-state index contributed by atoms with van der Waals surface area (Å²) in [4.78, 5) is 23.3. The molecule has 0 saturated carbocycles. The number of aldehydes is 1. The summed E-state index contributed by atoms with van der Waals surface area (Å²) in [5.74, 6) is 0.239. The molecular weight excluding hydrogens is 162 g/mol. The number of carbonyl (C=O) groups is 1. The number of aromatic nitrogens is 2. The van der Waals surface area contributed by atoms with Crippen molar-refractivity contribution in [2.24, 2.45) is 0 Å². The summed E-state index contributed by atoms with van der Waals surface area (Å²) in [5.41, 5.74) is 0. The first-order valence-corrected chi connectivity index (χ1v) is 3.27. The van der Waals surface area contributed by atoms with Crippen LogP contribution in [0, 0.1) is 17.0 Å². The number of rotatable bonds is 3. The third kappa shape index (κ3) is 1.47. The Morgan fingerprint density at radius 2 is 2.50 bits per heavy atom. The average molecular weight is 169 g/mol. The van der Waals surface area contributed by atoms with Crippen molar-refractivity contribution < 1.29 is 9.72 Å². The van der Waals surface area contributed by atoms with Crippen molar-refractivity contribution in [1.82, 2.24) is 9.55 Å². The van der Waals surface area contributed by atoms with Crippen LogP contribution in [0.1, 0.15) is 5.82 Å². The fourth-order valence-corrected chi connectivity index (χ4v) is 0.845. The van der Waals surface area contributed by atoms with Crippen molar-refractivity contribution in [1.29, 1.82) is 0 Å². The van der Waals surface area contributed by atoms with Gasteiger partial charge in [-0.1, -0.05) is 0 Å². The van der Waals surface area contributed by atoms with E-state index in [-0.39, 0.29) is 12.4 Å². The highest BCUT2D eigenvalue weighted by molar-refractivity contribution is 5.49. The second kappa shape index (κ2) is 3.12. The van der Waals surface area contributed by atoms with Gasteiger partial charge in [0.2, 0.25) is 5.82 Å². The molecule has 0 N–H and O–H groups in total. The van der Waals surface area contributed by atoms with Crippen LogP contribution in [-0.2, 0) is 11.3 Å². The number of nitro groups is 1. The average Bonchev–Trinajstić information content (AvgIpc) is 2.34. The molecular formula is C6H7N3O3. The topological polar surface area (TPSA) is 78.0 Å². The molecule has 0 radical (unpaired) electrons. The van der Waals surface area contributed by atoms with E-state index in [0.29, 0.717) is 12.1 Å². The zero-order valence-electron chi connectivity index (χ0n) is 6.43. The van der Waals surface area contributed by atoms with E-state index >= 15 is 0 Å². The highest BCUT2D eigenvalue weighted by Gasteiger charge is 2.13. The molecule has 0 aliphatic carbocycles. The Hall–Kier alpha value is -1.72. The van der Waals surface area contributed by atoms with Gasteiger partial charge in [0.05, 0.1) is 6.54 Å². The molecule has 0 amide bonds. The molecule has 0 aliphatic rings. The summed E-state index contributed by atoms with van der Waals surface area (Å²) in [6.45, 7) is 1.71. The highest BCUT2D eigenvalue weighted by Crippen LogP contribution is 2.08. The predicted octanol–water partition coefficient (Wildman–Crippen LogP) is 0.299. The lowest BCUT2D eigenvalue weighted by molar-refractivity contribution is -0.389. The Morgan fingerprint density at radius 1 is 1.83 bits per heavy atom. The maximum absolute atomic E-state index is 10.2. The number of carbonyl (C=O) groups excluding carboxylic acids is 1. The van der Waals surface area contributed by atoms with Gasteiger partial charge in [-0.2, -0.15) is 0 Å². The molecule has 0 aromatic carbocycles. The van der Waals surface area contributed by atoms with E-state index in [9.17, 15) is 14.9 Å². The summed E-state index contributed by atoms with van der Waals surface area (Å²) in [6.07, 6.45) is 1.90. The molecule has 0 unspecified atom stereocenters. The first-order valence-electron chi connectivity index (χ1n) is 3.27. The molecule has 0 spiro atoms. The molecule has 12 heavy (non-hydrogen) atoms. The third-order valence-corrected chi connectivity index (χ3v) is 1.42. The van der Waals surface area contributed by atoms with Gasteiger partial charge in [0, 0.05) is 6.92 Å². The maximum Gasteiger partial charge on any atom is 0.381 e. The Bertz CT molecular complexity index is 318. The fourth-order valence-electron chi connectivity index (χ4n) is 0.845. The summed E-state index contributed by atoms with van der Waals surface area (Å²) in [5, 5.41) is 10.2. The SMILES string of the molecule is Cc1nc([N+](=O)[O-])cn1CC=O. The molecule has 0 aliphatic heterocycles. The van der Waals surface area contributed by atoms with Crippen molar-refractivity contribution in [3.8, 4) is 0 Å². The van der Waals surface area contributed by atoms with Gasteiger partial charge >= 0.3 is 5.82 Å². The van der Waals surface area contributed by atoms with Gasteiger partial charge in [0.15, 0.2) is 0 Å². The van der Waals surface area contributed by atoms with Crippen molar-refractivity contribution >= 4 is 12.1 Å². The van der Waals surface area contributed by atoms with Crippen molar-refractivity contribution in [3.63, 3.8) is 0 Å². The van der Waals surface area contributed by atoms with Crippen molar-refractivity contribution in [2.75, 3.05) is 0 Å². The minimum Gasteiger partial charge on any atom is -0.358 e. The van der Waals surface area contributed by atoms with Crippen LogP contribution in [0.5, 0.6) is 0 Å². The van der Waals surface area contributed by atoms with Gasteiger partial charge in [-0.3, -0.25) is 0 Å². The Balaban J connectivity index is 2.99. The largest absolute Gasteiger partial charge is 0.381 e. The highest BCUT2D eigenvalue weighted by atomic mass is 16.6. The van der Waals surface area contributed by atoms with Crippen LogP contribution in [0.2, 0.25) is 0 Å². The fraction of sp³-hybridized carbons (Fsp3) is 0.333. The van der Waals surface area contributed by atoms with Crippen LogP contribution in [0.4, 0.5) is 5.82 Å². The Labute approximate surface area is 68.0 Å². The molecule has 0 fully saturated rings. The first kappa shape index (κ1) is 8.38.